The Morgan fingerprint density at radius 2 is 1.67 bits per heavy atom. The first-order chi connectivity index (χ1) is 22.2. The van der Waals surface area contributed by atoms with E-state index in [4.69, 9.17) is 18.9 Å². The fraction of sp³-hybridized carbons (Fsp3) is 0.444. The number of urea groups is 1. The second-order valence-electron chi connectivity index (χ2n) is 12.3. The van der Waals surface area contributed by atoms with Crippen LogP contribution in [0.1, 0.15) is 75.2 Å². The van der Waals surface area contributed by atoms with E-state index in [1.54, 1.807) is 23.1 Å². The van der Waals surface area contributed by atoms with Crippen LogP contribution in [0.3, 0.4) is 0 Å². The average Bonchev–Trinajstić information content (AvgIpc) is 3.39. The third kappa shape index (κ3) is 9.86. The normalized spacial score (nSPS) is 16.8. The van der Waals surface area contributed by atoms with Crippen LogP contribution in [0.5, 0.6) is 11.5 Å². The number of carbonyl (C=O) groups excluding carboxylic acids is 2. The number of anilines is 2. The summed E-state index contributed by atoms with van der Waals surface area (Å²) < 4.78 is 23.1. The largest absolute Gasteiger partial charge is 0.508 e. The van der Waals surface area contributed by atoms with Gasteiger partial charge < -0.3 is 39.6 Å². The molecular formula is C36H45N3O7. The summed E-state index contributed by atoms with van der Waals surface area (Å²) in [6.45, 7) is 6.99. The van der Waals surface area contributed by atoms with Gasteiger partial charge in [-0.3, -0.25) is 0 Å². The third-order valence-corrected chi connectivity index (χ3v) is 8.03. The molecule has 2 aliphatic rings. The van der Waals surface area contributed by atoms with Crippen molar-refractivity contribution >= 4 is 23.5 Å². The molecule has 0 saturated carbocycles. The minimum Gasteiger partial charge on any atom is -0.508 e. The van der Waals surface area contributed by atoms with Crippen molar-refractivity contribution in [1.82, 2.24) is 4.90 Å². The highest BCUT2D eigenvalue weighted by Gasteiger charge is 2.33. The topological polar surface area (TPSA) is 119 Å². The number of phenolic OH excluding ortho intramolecular Hbond substituents is 1. The number of nitrogens with zero attached hydrogens (tertiary/aromatic N) is 1. The van der Waals surface area contributed by atoms with Gasteiger partial charge in [0.2, 0.25) is 5.79 Å². The molecule has 0 radical (unpaired) electrons. The van der Waals surface area contributed by atoms with Crippen molar-refractivity contribution in [1.29, 1.82) is 0 Å². The Bertz CT molecular complexity index is 1480. The van der Waals surface area contributed by atoms with Crippen LogP contribution < -0.4 is 15.4 Å². The zero-order valence-corrected chi connectivity index (χ0v) is 26.8. The van der Waals surface area contributed by atoms with E-state index in [9.17, 15) is 14.7 Å². The summed E-state index contributed by atoms with van der Waals surface area (Å²) in [6.07, 6.45) is 6.38. The Labute approximate surface area is 271 Å². The predicted molar refractivity (Wildman–Crippen MR) is 176 cm³/mol. The molecule has 1 atom stereocenters. The fourth-order valence-corrected chi connectivity index (χ4v) is 5.60. The lowest BCUT2D eigenvalue weighted by atomic mass is 10.0. The van der Waals surface area contributed by atoms with Crippen molar-refractivity contribution in [2.45, 2.75) is 77.3 Å². The number of nitrogens with one attached hydrogen (secondary N) is 2. The second kappa shape index (κ2) is 15.8. The van der Waals surface area contributed by atoms with Crippen molar-refractivity contribution in [3.05, 3.63) is 83.4 Å². The lowest BCUT2D eigenvalue weighted by Gasteiger charge is -2.32. The standard InChI is InChI=1S/C36H45N3O7/c1-36(2)44-25-28-22-27(16-17-32(28)46-36)33-24-39(35(42)45-33)18-6-3-4-7-19-43-20-8-5-11-26-12-9-13-29(21-26)37-34(41)38-30-14-10-15-31(40)23-30/h9-10,12-17,21-23,33,40H,3-8,11,18-20,24-25H2,1-2H3,(H2,37,38,41)/t33-/m0/s1. The summed E-state index contributed by atoms with van der Waals surface area (Å²) in [5, 5.41) is 15.1. The van der Waals surface area contributed by atoms with Crippen LogP contribution in [0.4, 0.5) is 21.0 Å². The third-order valence-electron chi connectivity index (χ3n) is 8.03. The molecule has 3 aromatic carbocycles. The summed E-state index contributed by atoms with van der Waals surface area (Å²) in [6, 6.07) is 19.8. The molecule has 2 heterocycles. The number of rotatable bonds is 15. The number of benzene rings is 3. The number of cyclic esters (lactones) is 1. The molecule has 0 aromatic heterocycles. The quantitative estimate of drug-likeness (QED) is 0.147. The number of unbranched alkanes of at least 4 members (excludes halogenated alkanes) is 4. The molecule has 0 bridgehead atoms. The van der Waals surface area contributed by atoms with Crippen molar-refractivity contribution in [3.63, 3.8) is 0 Å². The van der Waals surface area contributed by atoms with Crippen molar-refractivity contribution < 1.29 is 33.6 Å². The Morgan fingerprint density at radius 1 is 0.935 bits per heavy atom. The van der Waals surface area contributed by atoms with Gasteiger partial charge in [-0.25, -0.2) is 9.59 Å². The van der Waals surface area contributed by atoms with Crippen LogP contribution in [-0.4, -0.2) is 54.2 Å². The SMILES string of the molecule is CC1(C)OCc2cc([C@@H]3CN(CCCCCCOCCCCc4cccc(NC(=O)Nc5cccc(O)c5)c4)C(=O)O3)ccc2O1. The molecular weight excluding hydrogens is 586 g/mol. The van der Waals surface area contributed by atoms with Crippen LogP contribution in [0.15, 0.2) is 66.7 Å². The summed E-state index contributed by atoms with van der Waals surface area (Å²) in [5.74, 6) is 0.280. The molecule has 0 spiro atoms. The highest BCUT2D eigenvalue weighted by atomic mass is 16.7. The molecule has 3 aromatic rings. The fourth-order valence-electron chi connectivity index (χ4n) is 5.60. The molecule has 1 saturated heterocycles. The van der Waals surface area contributed by atoms with E-state index in [2.05, 4.69) is 16.7 Å². The van der Waals surface area contributed by atoms with Crippen molar-refractivity contribution in [3.8, 4) is 11.5 Å². The smallest absolute Gasteiger partial charge is 0.410 e. The number of aromatic hydroxyl groups is 1. The first kappa shape index (κ1) is 33.1. The van der Waals surface area contributed by atoms with Gasteiger partial charge in [-0.2, -0.15) is 0 Å². The first-order valence-corrected chi connectivity index (χ1v) is 16.2. The predicted octanol–water partition coefficient (Wildman–Crippen LogP) is 7.77. The van der Waals surface area contributed by atoms with Gasteiger partial charge in [-0.05, 0) is 79.6 Å². The molecule has 10 nitrogen and oxygen atoms in total. The Morgan fingerprint density at radius 3 is 2.48 bits per heavy atom. The molecule has 46 heavy (non-hydrogen) atoms. The molecule has 3 amide bonds. The van der Waals surface area contributed by atoms with E-state index in [1.807, 2.05) is 50.2 Å². The maximum Gasteiger partial charge on any atom is 0.410 e. The van der Waals surface area contributed by atoms with Crippen LogP contribution in [0.25, 0.3) is 0 Å². The van der Waals surface area contributed by atoms with Crippen LogP contribution in [-0.2, 0) is 27.2 Å². The van der Waals surface area contributed by atoms with Gasteiger partial charge in [0.15, 0.2) is 0 Å². The van der Waals surface area contributed by atoms with Gasteiger partial charge in [0.25, 0.3) is 0 Å². The number of phenols is 1. The van der Waals surface area contributed by atoms with E-state index in [0.29, 0.717) is 25.4 Å². The van der Waals surface area contributed by atoms with Gasteiger partial charge in [-0.15, -0.1) is 0 Å². The van der Waals surface area contributed by atoms with Crippen LogP contribution >= 0.6 is 0 Å². The van der Waals surface area contributed by atoms with Gasteiger partial charge in [0.1, 0.15) is 17.6 Å². The van der Waals surface area contributed by atoms with Gasteiger partial charge >= 0.3 is 12.1 Å². The van der Waals surface area contributed by atoms with Gasteiger partial charge in [0.05, 0.1) is 13.2 Å². The molecule has 0 aliphatic carbocycles. The zero-order valence-electron chi connectivity index (χ0n) is 26.8. The van der Waals surface area contributed by atoms with Crippen molar-refractivity contribution in [2.24, 2.45) is 0 Å². The summed E-state index contributed by atoms with van der Waals surface area (Å²) in [4.78, 5) is 26.5. The first-order valence-electron chi connectivity index (χ1n) is 16.2. The number of hydrogen-bond donors (Lipinski definition) is 3. The van der Waals surface area contributed by atoms with Gasteiger partial charge in [0, 0.05) is 56.6 Å². The van der Waals surface area contributed by atoms with E-state index in [-0.39, 0.29) is 24.0 Å². The molecule has 1 fully saturated rings. The summed E-state index contributed by atoms with van der Waals surface area (Å²) >= 11 is 0. The number of hydrogen-bond acceptors (Lipinski definition) is 7. The zero-order chi connectivity index (χ0) is 32.4. The molecule has 2 aliphatic heterocycles. The monoisotopic (exact) mass is 631 g/mol. The lowest BCUT2D eigenvalue weighted by Crippen LogP contribution is -2.35. The van der Waals surface area contributed by atoms with Gasteiger partial charge in [-0.1, -0.05) is 37.1 Å². The average molecular weight is 632 g/mol. The Kier molecular flexibility index (Phi) is 11.4. The Balaban J connectivity index is 0.889. The Hall–Kier alpha value is -4.28. The van der Waals surface area contributed by atoms with Crippen molar-refractivity contribution in [2.75, 3.05) is 36.9 Å². The second-order valence-corrected chi connectivity index (χ2v) is 12.3. The highest BCUT2D eigenvalue weighted by Crippen LogP contribution is 2.35. The molecule has 5 rings (SSSR count). The number of carbonyl (C=O) groups is 2. The van der Waals surface area contributed by atoms with E-state index >= 15 is 0 Å². The molecule has 0 unspecified atom stereocenters. The van der Waals surface area contributed by atoms with Crippen LogP contribution in [0, 0.1) is 0 Å². The maximum atomic E-state index is 12.5. The number of ether oxygens (including phenoxy) is 4. The number of aryl methyl sites for hydroxylation is 1. The minimum absolute atomic E-state index is 0.0972. The van der Waals surface area contributed by atoms with Crippen LogP contribution in [0.2, 0.25) is 0 Å². The minimum atomic E-state index is -0.634. The maximum absolute atomic E-state index is 12.5. The summed E-state index contributed by atoms with van der Waals surface area (Å²) in [5.41, 5.74) is 4.34. The summed E-state index contributed by atoms with van der Waals surface area (Å²) in [7, 11) is 0. The van der Waals surface area contributed by atoms with E-state index < -0.39 is 5.79 Å². The van der Waals surface area contributed by atoms with E-state index in [0.717, 1.165) is 86.3 Å². The number of amides is 3. The highest BCUT2D eigenvalue weighted by molar-refractivity contribution is 5.99. The molecule has 10 heteroatoms. The lowest BCUT2D eigenvalue weighted by molar-refractivity contribution is -0.180. The molecule has 246 valence electrons. The number of fused-ring (bicyclic) bond motifs is 1. The van der Waals surface area contributed by atoms with E-state index in [1.165, 1.54) is 6.07 Å². The molecule has 3 N–H and O–H groups in total.